The molecular weight excluding hydrogens is 238 g/mol. The topological polar surface area (TPSA) is 55.5 Å². The molecule has 0 saturated carbocycles. The summed E-state index contributed by atoms with van der Waals surface area (Å²) < 4.78 is 5.95. The first-order valence-corrected chi connectivity index (χ1v) is 6.37. The van der Waals surface area contributed by atoms with Crippen molar-refractivity contribution in [2.24, 2.45) is 5.73 Å². The van der Waals surface area contributed by atoms with Crippen molar-refractivity contribution in [3.05, 3.63) is 65.7 Å². The first kappa shape index (κ1) is 13.6. The van der Waals surface area contributed by atoms with Crippen molar-refractivity contribution in [3.63, 3.8) is 0 Å². The number of hydrogen-bond donors (Lipinski definition) is 2. The van der Waals surface area contributed by atoms with Crippen molar-refractivity contribution < 1.29 is 9.84 Å². The monoisotopic (exact) mass is 257 g/mol. The third kappa shape index (κ3) is 3.56. The first-order chi connectivity index (χ1) is 9.20. The van der Waals surface area contributed by atoms with Gasteiger partial charge < -0.3 is 15.6 Å². The van der Waals surface area contributed by atoms with E-state index in [2.05, 4.69) is 0 Å². The lowest BCUT2D eigenvalue weighted by Gasteiger charge is -2.23. The van der Waals surface area contributed by atoms with Gasteiger partial charge in [-0.15, -0.1) is 0 Å². The molecule has 0 aliphatic heterocycles. The van der Waals surface area contributed by atoms with Crippen LogP contribution in [0.1, 0.15) is 24.2 Å². The molecular formula is C16H19NO2. The highest BCUT2D eigenvalue weighted by Crippen LogP contribution is 2.24. The molecule has 0 heterocycles. The van der Waals surface area contributed by atoms with Crippen LogP contribution in [0.2, 0.25) is 0 Å². The van der Waals surface area contributed by atoms with Gasteiger partial charge in [-0.25, -0.2) is 0 Å². The fourth-order valence-electron chi connectivity index (χ4n) is 1.94. The van der Waals surface area contributed by atoms with E-state index in [4.69, 9.17) is 15.6 Å². The number of nitrogens with two attached hydrogens (primary N) is 1. The molecule has 3 heteroatoms. The van der Waals surface area contributed by atoms with Crippen LogP contribution < -0.4 is 10.5 Å². The second kappa shape index (κ2) is 6.36. The predicted octanol–water partition coefficient (Wildman–Crippen LogP) is 2.65. The number of aliphatic hydroxyl groups excluding tert-OH is 1. The standard InChI is InChI=1S/C16H19NO2/c1-12(17)16(14-5-3-2-4-6-14)19-15-9-7-13(11-18)8-10-15/h2-10,12,16,18H,11,17H2,1H3. The van der Waals surface area contributed by atoms with E-state index in [1.807, 2.05) is 61.5 Å². The normalized spacial score (nSPS) is 13.8. The molecule has 3 nitrogen and oxygen atoms in total. The molecule has 0 spiro atoms. The molecule has 2 aromatic rings. The van der Waals surface area contributed by atoms with E-state index >= 15 is 0 Å². The number of aliphatic hydroxyl groups is 1. The summed E-state index contributed by atoms with van der Waals surface area (Å²) in [6.07, 6.45) is -0.179. The second-order valence-electron chi connectivity index (χ2n) is 4.61. The Morgan fingerprint density at radius 3 is 2.21 bits per heavy atom. The summed E-state index contributed by atoms with van der Waals surface area (Å²) in [6.45, 7) is 1.97. The Morgan fingerprint density at radius 1 is 1.05 bits per heavy atom. The second-order valence-corrected chi connectivity index (χ2v) is 4.61. The molecule has 2 atom stereocenters. The summed E-state index contributed by atoms with van der Waals surface area (Å²) in [6, 6.07) is 17.2. The maximum absolute atomic E-state index is 9.02. The van der Waals surface area contributed by atoms with Crippen molar-refractivity contribution in [2.45, 2.75) is 25.7 Å². The van der Waals surface area contributed by atoms with Crippen molar-refractivity contribution in [1.82, 2.24) is 0 Å². The SMILES string of the molecule is CC(N)C(Oc1ccc(CO)cc1)c1ccccc1. The van der Waals surface area contributed by atoms with Crippen LogP contribution in [0.3, 0.4) is 0 Å². The number of rotatable bonds is 5. The quantitative estimate of drug-likeness (QED) is 0.865. The Balaban J connectivity index is 2.17. The van der Waals surface area contributed by atoms with Gasteiger partial charge in [-0.05, 0) is 30.2 Å². The van der Waals surface area contributed by atoms with Crippen LogP contribution in [0.25, 0.3) is 0 Å². The van der Waals surface area contributed by atoms with E-state index in [1.54, 1.807) is 0 Å². The molecule has 0 aromatic heterocycles. The fourth-order valence-corrected chi connectivity index (χ4v) is 1.94. The van der Waals surface area contributed by atoms with Gasteiger partial charge in [0.15, 0.2) is 0 Å². The van der Waals surface area contributed by atoms with Crippen LogP contribution in [0.5, 0.6) is 5.75 Å². The predicted molar refractivity (Wildman–Crippen MR) is 75.8 cm³/mol. The summed E-state index contributed by atoms with van der Waals surface area (Å²) in [5.41, 5.74) is 7.93. The maximum Gasteiger partial charge on any atom is 0.138 e. The molecule has 0 saturated heterocycles. The fraction of sp³-hybridized carbons (Fsp3) is 0.250. The van der Waals surface area contributed by atoms with E-state index in [-0.39, 0.29) is 18.8 Å². The molecule has 2 unspecified atom stereocenters. The summed E-state index contributed by atoms with van der Waals surface area (Å²) >= 11 is 0. The highest BCUT2D eigenvalue weighted by molar-refractivity contribution is 5.28. The number of ether oxygens (including phenoxy) is 1. The third-order valence-corrected chi connectivity index (χ3v) is 2.97. The van der Waals surface area contributed by atoms with Gasteiger partial charge in [-0.2, -0.15) is 0 Å². The minimum atomic E-state index is -0.179. The van der Waals surface area contributed by atoms with Crippen molar-refractivity contribution in [3.8, 4) is 5.75 Å². The van der Waals surface area contributed by atoms with Gasteiger partial charge in [0.2, 0.25) is 0 Å². The molecule has 0 fully saturated rings. The minimum Gasteiger partial charge on any atom is -0.484 e. The summed E-state index contributed by atoms with van der Waals surface area (Å²) in [5.74, 6) is 0.753. The third-order valence-electron chi connectivity index (χ3n) is 2.97. The van der Waals surface area contributed by atoms with Crippen molar-refractivity contribution in [1.29, 1.82) is 0 Å². The van der Waals surface area contributed by atoms with Gasteiger partial charge in [-0.1, -0.05) is 42.5 Å². The van der Waals surface area contributed by atoms with Crippen LogP contribution in [-0.4, -0.2) is 11.1 Å². The lowest BCUT2D eigenvalue weighted by molar-refractivity contribution is 0.180. The van der Waals surface area contributed by atoms with Crippen LogP contribution in [-0.2, 0) is 6.61 Å². The molecule has 2 aromatic carbocycles. The first-order valence-electron chi connectivity index (χ1n) is 6.37. The Morgan fingerprint density at radius 2 is 1.68 bits per heavy atom. The zero-order valence-electron chi connectivity index (χ0n) is 11.0. The molecule has 3 N–H and O–H groups in total. The van der Waals surface area contributed by atoms with E-state index < -0.39 is 0 Å². The van der Waals surface area contributed by atoms with Gasteiger partial charge in [0, 0.05) is 6.04 Å². The largest absolute Gasteiger partial charge is 0.484 e. The zero-order chi connectivity index (χ0) is 13.7. The average Bonchev–Trinajstić information content (AvgIpc) is 2.46. The molecule has 2 rings (SSSR count). The Bertz CT molecular complexity index is 494. The molecule has 0 amide bonds. The van der Waals surface area contributed by atoms with Crippen LogP contribution in [0, 0.1) is 0 Å². The van der Waals surface area contributed by atoms with E-state index in [1.165, 1.54) is 0 Å². The van der Waals surface area contributed by atoms with Crippen molar-refractivity contribution >= 4 is 0 Å². The molecule has 19 heavy (non-hydrogen) atoms. The lowest BCUT2D eigenvalue weighted by Crippen LogP contribution is -2.29. The van der Waals surface area contributed by atoms with E-state index in [9.17, 15) is 0 Å². The summed E-state index contributed by atoms with van der Waals surface area (Å²) in [5, 5.41) is 9.02. The molecule has 100 valence electrons. The van der Waals surface area contributed by atoms with E-state index in [0.29, 0.717) is 0 Å². The zero-order valence-corrected chi connectivity index (χ0v) is 11.0. The average molecular weight is 257 g/mol. The van der Waals surface area contributed by atoms with Crippen LogP contribution in [0.4, 0.5) is 0 Å². The van der Waals surface area contributed by atoms with Gasteiger partial charge in [0.25, 0.3) is 0 Å². The minimum absolute atomic E-state index is 0.0374. The van der Waals surface area contributed by atoms with Gasteiger partial charge >= 0.3 is 0 Å². The molecule has 0 aliphatic carbocycles. The molecule has 0 bridgehead atoms. The van der Waals surface area contributed by atoms with Crippen molar-refractivity contribution in [2.75, 3.05) is 0 Å². The van der Waals surface area contributed by atoms with E-state index in [0.717, 1.165) is 16.9 Å². The van der Waals surface area contributed by atoms with Crippen LogP contribution >= 0.6 is 0 Å². The summed E-state index contributed by atoms with van der Waals surface area (Å²) in [4.78, 5) is 0. The molecule has 0 aliphatic rings. The smallest absolute Gasteiger partial charge is 0.138 e. The van der Waals surface area contributed by atoms with Crippen LogP contribution in [0.15, 0.2) is 54.6 Å². The summed E-state index contributed by atoms with van der Waals surface area (Å²) in [7, 11) is 0. The number of benzene rings is 2. The Labute approximate surface area is 113 Å². The highest BCUT2D eigenvalue weighted by atomic mass is 16.5. The maximum atomic E-state index is 9.02. The van der Waals surface area contributed by atoms with Gasteiger partial charge in [-0.3, -0.25) is 0 Å². The Kier molecular flexibility index (Phi) is 4.55. The number of hydrogen-bond acceptors (Lipinski definition) is 3. The highest BCUT2D eigenvalue weighted by Gasteiger charge is 2.17. The Hall–Kier alpha value is -1.84. The van der Waals surface area contributed by atoms with Gasteiger partial charge in [0.05, 0.1) is 6.61 Å². The van der Waals surface area contributed by atoms with Gasteiger partial charge in [0.1, 0.15) is 11.9 Å². The lowest BCUT2D eigenvalue weighted by atomic mass is 10.0. The molecule has 0 radical (unpaired) electrons.